The van der Waals surface area contributed by atoms with E-state index in [2.05, 4.69) is 17.2 Å². The van der Waals surface area contributed by atoms with Gasteiger partial charge in [0.05, 0.1) is 4.90 Å². The molecule has 32 heavy (non-hydrogen) atoms. The van der Waals surface area contributed by atoms with Crippen LogP contribution in [0.25, 0.3) is 11.5 Å². The molecule has 4 rings (SSSR count). The Labute approximate surface area is 188 Å². The summed E-state index contributed by atoms with van der Waals surface area (Å²) in [6.07, 6.45) is 2.54. The fourth-order valence-electron chi connectivity index (χ4n) is 3.75. The summed E-state index contributed by atoms with van der Waals surface area (Å²) in [5.41, 5.74) is 1.97. The summed E-state index contributed by atoms with van der Waals surface area (Å²) >= 11 is 0. The molecule has 2 heterocycles. The second-order valence-electron chi connectivity index (χ2n) is 8.08. The second kappa shape index (κ2) is 9.55. The number of anilines is 1. The Balaban J connectivity index is 1.46. The number of sulfonamides is 1. The van der Waals surface area contributed by atoms with Gasteiger partial charge in [-0.2, -0.15) is 14.6 Å². The van der Waals surface area contributed by atoms with E-state index < -0.39 is 10.0 Å². The minimum Gasteiger partial charge on any atom is -0.419 e. The first kappa shape index (κ1) is 22.1. The number of nitrogens with zero attached hydrogens (tertiary/aromatic N) is 3. The zero-order chi connectivity index (χ0) is 22.6. The van der Waals surface area contributed by atoms with Crippen LogP contribution in [-0.2, 0) is 16.4 Å². The molecule has 0 aliphatic carbocycles. The number of hydrogen-bond donors (Lipinski definition) is 1. The molecule has 166 valence electrons. The number of nitrogens with one attached hydrogen (secondary N) is 1. The molecule has 0 amide bonds. The Morgan fingerprint density at radius 2 is 1.81 bits per heavy atom. The van der Waals surface area contributed by atoms with Crippen molar-refractivity contribution < 1.29 is 12.8 Å². The van der Waals surface area contributed by atoms with Gasteiger partial charge in [0.2, 0.25) is 27.5 Å². The molecular formula is C24H26N4O3S. The highest BCUT2D eigenvalue weighted by atomic mass is 32.2. The smallest absolute Gasteiger partial charge is 0.243 e. The van der Waals surface area contributed by atoms with Gasteiger partial charge in [-0.1, -0.05) is 37.3 Å². The number of hydrogen-bond acceptors (Lipinski definition) is 6. The first-order chi connectivity index (χ1) is 15.5. The van der Waals surface area contributed by atoms with Crippen LogP contribution in [0.15, 0.2) is 63.9 Å². The molecule has 7 nitrogen and oxygen atoms in total. The highest BCUT2D eigenvalue weighted by Gasteiger charge is 2.28. The maximum Gasteiger partial charge on any atom is 0.243 e. The van der Waals surface area contributed by atoms with Crippen molar-refractivity contribution >= 4 is 15.9 Å². The molecule has 1 aliphatic rings. The first-order valence-corrected chi connectivity index (χ1v) is 12.2. The van der Waals surface area contributed by atoms with Crippen molar-refractivity contribution in [3.05, 3.63) is 65.9 Å². The van der Waals surface area contributed by atoms with Crippen LogP contribution in [0.2, 0.25) is 0 Å². The Morgan fingerprint density at radius 1 is 1.12 bits per heavy atom. The summed E-state index contributed by atoms with van der Waals surface area (Å²) in [5, 5.41) is 12.5. The quantitative estimate of drug-likeness (QED) is 0.576. The van der Waals surface area contributed by atoms with E-state index in [4.69, 9.17) is 4.42 Å². The number of aromatic nitrogens is 1. The lowest BCUT2D eigenvalue weighted by Gasteiger charge is -2.29. The van der Waals surface area contributed by atoms with Crippen molar-refractivity contribution in [3.63, 3.8) is 0 Å². The van der Waals surface area contributed by atoms with Gasteiger partial charge in [-0.25, -0.2) is 8.42 Å². The van der Waals surface area contributed by atoms with Crippen molar-refractivity contribution in [3.8, 4) is 17.5 Å². The zero-order valence-electron chi connectivity index (χ0n) is 18.0. The summed E-state index contributed by atoms with van der Waals surface area (Å²) in [5.74, 6) is 1.15. The van der Waals surface area contributed by atoms with E-state index >= 15 is 0 Å². The molecule has 0 unspecified atom stereocenters. The van der Waals surface area contributed by atoms with E-state index in [0.717, 1.165) is 19.3 Å². The van der Waals surface area contributed by atoms with Gasteiger partial charge in [0.1, 0.15) is 6.07 Å². The first-order valence-electron chi connectivity index (χ1n) is 10.8. The lowest BCUT2D eigenvalue weighted by Crippen LogP contribution is -2.37. The van der Waals surface area contributed by atoms with E-state index in [1.165, 1.54) is 5.56 Å². The van der Waals surface area contributed by atoms with E-state index in [0.29, 0.717) is 37.0 Å². The van der Waals surface area contributed by atoms with Gasteiger partial charge in [-0.15, -0.1) is 0 Å². The highest BCUT2D eigenvalue weighted by Crippen LogP contribution is 2.28. The van der Waals surface area contributed by atoms with Crippen LogP contribution in [0.5, 0.6) is 0 Å². The molecule has 1 fully saturated rings. The molecule has 0 bridgehead atoms. The predicted octanol–water partition coefficient (Wildman–Crippen LogP) is 4.29. The van der Waals surface area contributed by atoms with Crippen molar-refractivity contribution in [2.45, 2.75) is 31.1 Å². The Hall–Kier alpha value is -3.15. The molecule has 1 aliphatic heterocycles. The molecule has 1 aromatic heterocycles. The molecule has 2 aromatic carbocycles. The Bertz CT molecular complexity index is 1190. The minimum absolute atomic E-state index is 0.173. The third-order valence-electron chi connectivity index (χ3n) is 5.76. The standard InChI is InChI=1S/C24H26N4O3S/c1-18-12-15-28(16-13-18)32(29,30)21-9-7-20(8-10-21)23-27-22(17-25)24(31-23)26-14-11-19-5-3-2-4-6-19/h2-10,18,26H,11-16H2,1H3. The Kier molecular flexibility index (Phi) is 6.58. The third kappa shape index (κ3) is 4.85. The van der Waals surface area contributed by atoms with Crippen molar-refractivity contribution in [2.24, 2.45) is 5.92 Å². The SMILES string of the molecule is CC1CCN(S(=O)(=O)c2ccc(-c3nc(C#N)c(NCCc4ccccc4)o3)cc2)CC1. The van der Waals surface area contributed by atoms with E-state index in [9.17, 15) is 13.7 Å². The maximum atomic E-state index is 12.9. The van der Waals surface area contributed by atoms with Gasteiger partial charge in [0.15, 0.2) is 0 Å². The van der Waals surface area contributed by atoms with E-state index in [-0.39, 0.29) is 16.5 Å². The zero-order valence-corrected chi connectivity index (χ0v) is 18.8. The molecule has 0 atom stereocenters. The summed E-state index contributed by atoms with van der Waals surface area (Å²) in [6, 6.07) is 18.5. The largest absolute Gasteiger partial charge is 0.419 e. The molecule has 1 saturated heterocycles. The Morgan fingerprint density at radius 3 is 2.47 bits per heavy atom. The van der Waals surface area contributed by atoms with Gasteiger partial charge in [-0.05, 0) is 55.0 Å². The van der Waals surface area contributed by atoms with Crippen LogP contribution in [-0.4, -0.2) is 37.3 Å². The fraction of sp³-hybridized carbons (Fsp3) is 0.333. The normalized spacial score (nSPS) is 15.4. The van der Waals surface area contributed by atoms with Crippen LogP contribution >= 0.6 is 0 Å². The number of nitriles is 1. The van der Waals surface area contributed by atoms with Crippen LogP contribution in [0.1, 0.15) is 31.0 Å². The summed E-state index contributed by atoms with van der Waals surface area (Å²) in [4.78, 5) is 4.52. The monoisotopic (exact) mass is 450 g/mol. The summed E-state index contributed by atoms with van der Waals surface area (Å²) in [7, 11) is -3.51. The van der Waals surface area contributed by atoms with Crippen LogP contribution < -0.4 is 5.32 Å². The van der Waals surface area contributed by atoms with Gasteiger partial charge in [0.25, 0.3) is 0 Å². The van der Waals surface area contributed by atoms with Crippen molar-refractivity contribution in [2.75, 3.05) is 25.0 Å². The average molecular weight is 451 g/mol. The maximum absolute atomic E-state index is 12.9. The molecule has 3 aromatic rings. The number of piperidine rings is 1. The van der Waals surface area contributed by atoms with E-state index in [1.807, 2.05) is 36.4 Å². The van der Waals surface area contributed by atoms with Crippen LogP contribution in [0, 0.1) is 17.2 Å². The summed E-state index contributed by atoms with van der Waals surface area (Å²) < 4.78 is 33.2. The number of oxazole rings is 1. The molecule has 1 N–H and O–H groups in total. The van der Waals surface area contributed by atoms with Gasteiger partial charge >= 0.3 is 0 Å². The third-order valence-corrected chi connectivity index (χ3v) is 7.67. The predicted molar refractivity (Wildman–Crippen MR) is 122 cm³/mol. The molecule has 0 spiro atoms. The van der Waals surface area contributed by atoms with Crippen molar-refractivity contribution in [1.29, 1.82) is 5.26 Å². The van der Waals surface area contributed by atoms with Gasteiger partial charge < -0.3 is 9.73 Å². The second-order valence-corrected chi connectivity index (χ2v) is 10.0. The lowest BCUT2D eigenvalue weighted by atomic mass is 10.0. The van der Waals surface area contributed by atoms with Gasteiger partial charge in [0, 0.05) is 25.2 Å². The van der Waals surface area contributed by atoms with Crippen LogP contribution in [0.3, 0.4) is 0 Å². The minimum atomic E-state index is -3.51. The topological polar surface area (TPSA) is 99.2 Å². The molecule has 0 saturated carbocycles. The average Bonchev–Trinajstić information content (AvgIpc) is 3.23. The molecule has 0 radical (unpaired) electrons. The highest BCUT2D eigenvalue weighted by molar-refractivity contribution is 7.89. The van der Waals surface area contributed by atoms with E-state index in [1.54, 1.807) is 28.6 Å². The fourth-order valence-corrected chi connectivity index (χ4v) is 5.22. The number of rotatable bonds is 7. The number of benzene rings is 2. The molecule has 8 heteroatoms. The molecular weight excluding hydrogens is 424 g/mol. The lowest BCUT2D eigenvalue weighted by molar-refractivity contribution is 0.288. The van der Waals surface area contributed by atoms with Crippen molar-refractivity contribution in [1.82, 2.24) is 9.29 Å². The van der Waals surface area contributed by atoms with Gasteiger partial charge in [-0.3, -0.25) is 0 Å². The van der Waals surface area contributed by atoms with Crippen LogP contribution in [0.4, 0.5) is 5.88 Å². The summed E-state index contributed by atoms with van der Waals surface area (Å²) in [6.45, 7) is 3.84.